The van der Waals surface area contributed by atoms with Gasteiger partial charge >= 0.3 is 0 Å². The molecule has 3 rings (SSSR count). The molecule has 0 unspecified atom stereocenters. The van der Waals surface area contributed by atoms with Crippen molar-refractivity contribution in [3.8, 4) is 0 Å². The molecule has 5 nitrogen and oxygen atoms in total. The lowest BCUT2D eigenvalue weighted by Gasteiger charge is -2.33. The molecule has 0 spiro atoms. The number of carbonyl (C=O) groups is 1. The molecule has 20 heavy (non-hydrogen) atoms. The van der Waals surface area contributed by atoms with Gasteiger partial charge in [-0.1, -0.05) is 18.2 Å². The van der Waals surface area contributed by atoms with E-state index in [1.165, 1.54) is 0 Å². The number of piperazine rings is 1. The summed E-state index contributed by atoms with van der Waals surface area (Å²) in [6, 6.07) is 9.18. The van der Waals surface area contributed by atoms with E-state index < -0.39 is 0 Å². The van der Waals surface area contributed by atoms with Crippen molar-refractivity contribution < 1.29 is 4.79 Å². The number of rotatable bonds is 1. The summed E-state index contributed by atoms with van der Waals surface area (Å²) in [5, 5.41) is 4.65. The van der Waals surface area contributed by atoms with E-state index in [2.05, 4.69) is 10.3 Å². The number of amides is 1. The van der Waals surface area contributed by atoms with E-state index in [1.54, 1.807) is 17.0 Å². The summed E-state index contributed by atoms with van der Waals surface area (Å²) in [4.78, 5) is 29.1. The number of nitrogens with zero attached hydrogens (tertiary/aromatic N) is 1. The van der Waals surface area contributed by atoms with Crippen LogP contribution in [0.4, 0.5) is 0 Å². The first-order valence-electron chi connectivity index (χ1n) is 6.80. The first-order chi connectivity index (χ1) is 9.66. The van der Waals surface area contributed by atoms with E-state index >= 15 is 0 Å². The molecule has 1 aromatic carbocycles. The number of benzene rings is 1. The molecule has 2 heterocycles. The highest BCUT2D eigenvalue weighted by Gasteiger charge is 2.24. The predicted octanol–water partition coefficient (Wildman–Crippen LogP) is 0.962. The molecule has 2 aromatic rings. The third kappa shape index (κ3) is 2.20. The van der Waals surface area contributed by atoms with Gasteiger partial charge in [-0.15, -0.1) is 0 Å². The number of aromatic nitrogens is 1. The summed E-state index contributed by atoms with van der Waals surface area (Å²) in [7, 11) is 0. The molecule has 5 heteroatoms. The fourth-order valence-electron chi connectivity index (χ4n) is 2.62. The van der Waals surface area contributed by atoms with Gasteiger partial charge in [0.15, 0.2) is 0 Å². The van der Waals surface area contributed by atoms with Crippen LogP contribution in [-0.2, 0) is 0 Å². The van der Waals surface area contributed by atoms with Crippen molar-refractivity contribution in [3.05, 3.63) is 46.4 Å². The van der Waals surface area contributed by atoms with Gasteiger partial charge in [0.1, 0.15) is 5.69 Å². The molecule has 1 amide bonds. The van der Waals surface area contributed by atoms with Crippen LogP contribution in [0.15, 0.2) is 35.1 Å². The van der Waals surface area contributed by atoms with Crippen LogP contribution in [0.25, 0.3) is 10.8 Å². The Morgan fingerprint density at radius 3 is 2.95 bits per heavy atom. The Kier molecular flexibility index (Phi) is 3.28. The van der Waals surface area contributed by atoms with Crippen molar-refractivity contribution in [2.45, 2.75) is 13.0 Å². The quantitative estimate of drug-likeness (QED) is 0.812. The van der Waals surface area contributed by atoms with Gasteiger partial charge in [-0.2, -0.15) is 0 Å². The third-order valence-electron chi connectivity index (χ3n) is 3.75. The van der Waals surface area contributed by atoms with Gasteiger partial charge in [0.05, 0.1) is 0 Å². The van der Waals surface area contributed by atoms with Gasteiger partial charge < -0.3 is 15.2 Å². The molecule has 1 aliphatic heterocycles. The minimum Gasteiger partial charge on any atom is -0.332 e. The van der Waals surface area contributed by atoms with Crippen LogP contribution in [0.3, 0.4) is 0 Å². The highest BCUT2D eigenvalue weighted by atomic mass is 16.2. The number of nitrogens with one attached hydrogen (secondary N) is 2. The second kappa shape index (κ2) is 5.09. The lowest BCUT2D eigenvalue weighted by molar-refractivity contribution is 0.0649. The molecule has 1 fully saturated rings. The van der Waals surface area contributed by atoms with Gasteiger partial charge in [-0.3, -0.25) is 9.59 Å². The lowest BCUT2D eigenvalue weighted by atomic mass is 10.1. The van der Waals surface area contributed by atoms with E-state index in [0.717, 1.165) is 18.5 Å². The van der Waals surface area contributed by atoms with Crippen LogP contribution >= 0.6 is 0 Å². The van der Waals surface area contributed by atoms with Crippen molar-refractivity contribution >= 4 is 16.7 Å². The van der Waals surface area contributed by atoms with Gasteiger partial charge in [0.2, 0.25) is 0 Å². The molecule has 0 saturated carbocycles. The van der Waals surface area contributed by atoms with Crippen LogP contribution in [-0.4, -0.2) is 41.5 Å². The zero-order chi connectivity index (χ0) is 14.1. The Morgan fingerprint density at radius 1 is 1.35 bits per heavy atom. The molecular formula is C15H17N3O2. The van der Waals surface area contributed by atoms with Crippen molar-refractivity contribution in [3.63, 3.8) is 0 Å². The van der Waals surface area contributed by atoms with E-state index in [0.29, 0.717) is 17.6 Å². The van der Waals surface area contributed by atoms with Crippen LogP contribution in [0, 0.1) is 0 Å². The van der Waals surface area contributed by atoms with Crippen LogP contribution in [0.5, 0.6) is 0 Å². The molecule has 2 N–H and O–H groups in total. The van der Waals surface area contributed by atoms with E-state index in [1.807, 2.05) is 25.1 Å². The van der Waals surface area contributed by atoms with E-state index in [-0.39, 0.29) is 17.5 Å². The average Bonchev–Trinajstić information content (AvgIpc) is 2.47. The van der Waals surface area contributed by atoms with Crippen LogP contribution in [0.1, 0.15) is 17.4 Å². The monoisotopic (exact) mass is 271 g/mol. The largest absolute Gasteiger partial charge is 0.332 e. The fourth-order valence-corrected chi connectivity index (χ4v) is 2.62. The Labute approximate surface area is 116 Å². The summed E-state index contributed by atoms with van der Waals surface area (Å²) >= 11 is 0. The highest BCUT2D eigenvalue weighted by molar-refractivity contribution is 5.96. The number of H-pyrrole nitrogens is 1. The zero-order valence-electron chi connectivity index (χ0n) is 11.3. The molecule has 0 radical (unpaired) electrons. The molecular weight excluding hydrogens is 254 g/mol. The average molecular weight is 271 g/mol. The molecule has 1 aliphatic rings. The molecule has 1 atom stereocenters. The highest BCUT2D eigenvalue weighted by Crippen LogP contribution is 2.13. The van der Waals surface area contributed by atoms with Crippen molar-refractivity contribution in [2.24, 2.45) is 0 Å². The molecule has 1 saturated heterocycles. The first-order valence-corrected chi connectivity index (χ1v) is 6.80. The number of carbonyl (C=O) groups excluding carboxylic acids is 1. The smallest absolute Gasteiger partial charge is 0.270 e. The van der Waals surface area contributed by atoms with Gasteiger partial charge in [0.25, 0.3) is 11.5 Å². The zero-order valence-corrected chi connectivity index (χ0v) is 11.3. The van der Waals surface area contributed by atoms with Gasteiger partial charge in [0, 0.05) is 31.1 Å². The number of hydrogen-bond acceptors (Lipinski definition) is 3. The Hall–Kier alpha value is -2.14. The number of aromatic amines is 1. The Bertz CT molecular complexity index is 708. The second-order valence-corrected chi connectivity index (χ2v) is 5.15. The van der Waals surface area contributed by atoms with Crippen LogP contribution in [0.2, 0.25) is 0 Å². The van der Waals surface area contributed by atoms with Gasteiger partial charge in [-0.05, 0) is 24.4 Å². The predicted molar refractivity (Wildman–Crippen MR) is 77.9 cm³/mol. The maximum Gasteiger partial charge on any atom is 0.270 e. The maximum atomic E-state index is 12.5. The first kappa shape index (κ1) is 12.9. The minimum atomic E-state index is -0.214. The lowest BCUT2D eigenvalue weighted by Crippen LogP contribution is -2.52. The topological polar surface area (TPSA) is 65.2 Å². The molecule has 0 bridgehead atoms. The third-order valence-corrected chi connectivity index (χ3v) is 3.75. The summed E-state index contributed by atoms with van der Waals surface area (Å²) in [5.74, 6) is -0.109. The van der Waals surface area contributed by atoms with Crippen molar-refractivity contribution in [2.75, 3.05) is 19.6 Å². The fraction of sp³-hybridized carbons (Fsp3) is 0.333. The molecule has 0 aliphatic carbocycles. The minimum absolute atomic E-state index is 0.109. The Morgan fingerprint density at radius 2 is 2.15 bits per heavy atom. The summed E-state index contributed by atoms with van der Waals surface area (Å²) in [6.07, 6.45) is 0. The number of hydrogen-bond donors (Lipinski definition) is 2. The standard InChI is InChI=1S/C15H17N3O2/c1-10-9-16-6-7-18(10)15(20)13-8-11-4-2-3-5-12(11)14(19)17-13/h2-5,8,10,16H,6-7,9H2,1H3,(H,17,19)/t10-/m0/s1. The molecule has 1 aromatic heterocycles. The second-order valence-electron chi connectivity index (χ2n) is 5.15. The normalized spacial score (nSPS) is 19.2. The van der Waals surface area contributed by atoms with Crippen LogP contribution < -0.4 is 10.9 Å². The molecule has 104 valence electrons. The number of fused-ring (bicyclic) bond motifs is 1. The van der Waals surface area contributed by atoms with E-state index in [4.69, 9.17) is 0 Å². The van der Waals surface area contributed by atoms with Gasteiger partial charge in [-0.25, -0.2) is 0 Å². The summed E-state index contributed by atoms with van der Waals surface area (Å²) in [6.45, 7) is 4.23. The maximum absolute atomic E-state index is 12.5. The number of pyridine rings is 1. The Balaban J connectivity index is 2.01. The summed E-state index contributed by atoms with van der Waals surface area (Å²) < 4.78 is 0. The van der Waals surface area contributed by atoms with E-state index in [9.17, 15) is 9.59 Å². The van der Waals surface area contributed by atoms with Crippen molar-refractivity contribution in [1.29, 1.82) is 0 Å². The summed E-state index contributed by atoms with van der Waals surface area (Å²) in [5.41, 5.74) is 0.150. The van der Waals surface area contributed by atoms with Crippen molar-refractivity contribution in [1.82, 2.24) is 15.2 Å². The SMILES string of the molecule is C[C@H]1CNCCN1C(=O)c1cc2ccccc2c(=O)[nH]1.